The first kappa shape index (κ1) is 18.3. The Morgan fingerprint density at radius 2 is 2.05 bits per heavy atom. The first-order chi connectivity index (χ1) is 9.06. The number of carbonyl (C=O) groups excluding carboxylic acids is 1. The highest BCUT2D eigenvalue weighted by Gasteiger charge is 2.25. The van der Waals surface area contributed by atoms with E-state index in [0.717, 1.165) is 12.8 Å². The number of methoxy groups -OCH3 is 1. The molecule has 0 aromatic heterocycles. The highest BCUT2D eigenvalue weighted by molar-refractivity contribution is 7.80. The van der Waals surface area contributed by atoms with Crippen LogP contribution in [0.15, 0.2) is 0 Å². The fourth-order valence-corrected chi connectivity index (χ4v) is 1.94. The van der Waals surface area contributed by atoms with Crippen LogP contribution in [-0.4, -0.2) is 55.3 Å². The third-order valence-corrected chi connectivity index (χ3v) is 2.99. The number of hydrogen-bond acceptors (Lipinski definition) is 5. The van der Waals surface area contributed by atoms with Crippen molar-refractivity contribution in [2.45, 2.75) is 39.2 Å². The average molecular weight is 290 g/mol. The lowest BCUT2D eigenvalue weighted by atomic mass is 10.1. The molecular formula is C13H26N2O3S. The second-order valence-electron chi connectivity index (χ2n) is 4.30. The average Bonchev–Trinajstić information content (AvgIpc) is 2.37. The lowest BCUT2D eigenvalue weighted by Crippen LogP contribution is -2.45. The predicted molar refractivity (Wildman–Crippen MR) is 80.2 cm³/mol. The molecule has 0 aliphatic heterocycles. The second-order valence-corrected chi connectivity index (χ2v) is 4.83. The molecule has 1 atom stereocenters. The van der Waals surface area contributed by atoms with E-state index < -0.39 is 0 Å². The Kier molecular flexibility index (Phi) is 10.7. The molecule has 0 fully saturated rings. The fraction of sp³-hybridized carbons (Fsp3) is 0.846. The topological polar surface area (TPSA) is 64.8 Å². The van der Waals surface area contributed by atoms with Gasteiger partial charge in [-0.05, 0) is 13.3 Å². The van der Waals surface area contributed by atoms with E-state index in [0.29, 0.717) is 37.7 Å². The van der Waals surface area contributed by atoms with Crippen LogP contribution in [0.25, 0.3) is 0 Å². The van der Waals surface area contributed by atoms with Gasteiger partial charge in [-0.3, -0.25) is 9.69 Å². The van der Waals surface area contributed by atoms with Crippen LogP contribution in [0, 0.1) is 0 Å². The molecule has 0 amide bonds. The van der Waals surface area contributed by atoms with Gasteiger partial charge in [0.25, 0.3) is 0 Å². The first-order valence-electron chi connectivity index (χ1n) is 6.74. The van der Waals surface area contributed by atoms with Crippen molar-refractivity contribution < 1.29 is 14.3 Å². The van der Waals surface area contributed by atoms with Gasteiger partial charge in [-0.25, -0.2) is 0 Å². The minimum atomic E-state index is -0.241. The zero-order valence-electron chi connectivity index (χ0n) is 12.2. The third-order valence-electron chi connectivity index (χ3n) is 2.79. The van der Waals surface area contributed by atoms with Crippen molar-refractivity contribution in [3.63, 3.8) is 0 Å². The maximum atomic E-state index is 12.0. The minimum Gasteiger partial charge on any atom is -0.465 e. The number of rotatable bonds is 11. The summed E-state index contributed by atoms with van der Waals surface area (Å²) in [6.07, 6.45) is 2.28. The van der Waals surface area contributed by atoms with Crippen molar-refractivity contribution in [1.29, 1.82) is 0 Å². The number of thiocarbonyl (C=S) groups is 1. The zero-order chi connectivity index (χ0) is 14.7. The molecule has 0 aliphatic rings. The van der Waals surface area contributed by atoms with Gasteiger partial charge >= 0.3 is 5.97 Å². The van der Waals surface area contributed by atoms with Gasteiger partial charge in [-0.2, -0.15) is 0 Å². The molecule has 0 saturated carbocycles. The van der Waals surface area contributed by atoms with Crippen LogP contribution in [0.3, 0.4) is 0 Å². The van der Waals surface area contributed by atoms with Crippen molar-refractivity contribution in [3.8, 4) is 0 Å². The maximum absolute atomic E-state index is 12.0. The van der Waals surface area contributed by atoms with Gasteiger partial charge in [-0.15, -0.1) is 0 Å². The number of nitrogens with zero attached hydrogens (tertiary/aromatic N) is 1. The summed E-state index contributed by atoms with van der Waals surface area (Å²) in [4.78, 5) is 14.5. The maximum Gasteiger partial charge on any atom is 0.323 e. The van der Waals surface area contributed by atoms with E-state index in [9.17, 15) is 4.79 Å². The van der Waals surface area contributed by atoms with E-state index in [1.165, 1.54) is 0 Å². The van der Waals surface area contributed by atoms with Gasteiger partial charge in [0.2, 0.25) is 0 Å². The third kappa shape index (κ3) is 8.13. The zero-order valence-corrected chi connectivity index (χ0v) is 13.0. The van der Waals surface area contributed by atoms with Gasteiger partial charge in [0.15, 0.2) is 0 Å². The van der Waals surface area contributed by atoms with Crippen LogP contribution in [-0.2, 0) is 14.3 Å². The van der Waals surface area contributed by atoms with Crippen LogP contribution in [0.1, 0.15) is 33.1 Å². The smallest absolute Gasteiger partial charge is 0.323 e. The summed E-state index contributed by atoms with van der Waals surface area (Å²) in [7, 11) is 1.64. The van der Waals surface area contributed by atoms with Gasteiger partial charge in [0, 0.05) is 26.6 Å². The van der Waals surface area contributed by atoms with Gasteiger partial charge < -0.3 is 15.2 Å². The summed E-state index contributed by atoms with van der Waals surface area (Å²) in [5, 5.41) is 0. The molecule has 112 valence electrons. The van der Waals surface area contributed by atoms with Gasteiger partial charge in [-0.1, -0.05) is 25.6 Å². The number of nitrogens with two attached hydrogens (primary N) is 1. The van der Waals surface area contributed by atoms with Crippen molar-refractivity contribution >= 4 is 23.2 Å². The minimum absolute atomic E-state index is 0.177. The number of hydrogen-bond donors (Lipinski definition) is 1. The monoisotopic (exact) mass is 290 g/mol. The van der Waals surface area contributed by atoms with Crippen LogP contribution < -0.4 is 5.73 Å². The van der Waals surface area contributed by atoms with E-state index in [2.05, 4.69) is 0 Å². The Hall–Kier alpha value is -0.720. The highest BCUT2D eigenvalue weighted by Crippen LogP contribution is 2.10. The summed E-state index contributed by atoms with van der Waals surface area (Å²) in [5.74, 6) is -0.177. The molecule has 0 heterocycles. The molecule has 0 aromatic carbocycles. The summed E-state index contributed by atoms with van der Waals surface area (Å²) >= 11 is 4.90. The molecular weight excluding hydrogens is 264 g/mol. The van der Waals surface area contributed by atoms with E-state index in [1.807, 2.05) is 18.7 Å². The van der Waals surface area contributed by atoms with E-state index in [1.54, 1.807) is 7.11 Å². The summed E-state index contributed by atoms with van der Waals surface area (Å²) in [6.45, 7) is 6.15. The molecule has 2 N–H and O–H groups in total. The van der Waals surface area contributed by atoms with E-state index in [4.69, 9.17) is 27.4 Å². The standard InChI is InChI=1S/C13H26N2O3S/c1-4-6-11(13(16)18-5-2)15(9-10-17-3)8-7-12(14)19/h11H,4-10H2,1-3H3,(H2,14,19). The van der Waals surface area contributed by atoms with Crippen molar-refractivity contribution in [2.75, 3.05) is 33.4 Å². The Morgan fingerprint density at radius 3 is 2.53 bits per heavy atom. The first-order valence-corrected chi connectivity index (χ1v) is 7.15. The Bertz CT molecular complexity index is 275. The SMILES string of the molecule is CCCC(C(=O)OCC)N(CCOC)CCC(N)=S. The predicted octanol–water partition coefficient (Wildman–Crippen LogP) is 1.34. The molecule has 0 aromatic rings. The molecule has 5 nitrogen and oxygen atoms in total. The van der Waals surface area contributed by atoms with Crippen molar-refractivity contribution in [1.82, 2.24) is 4.90 Å². The molecule has 0 bridgehead atoms. The van der Waals surface area contributed by atoms with Crippen LogP contribution in [0.4, 0.5) is 0 Å². The largest absolute Gasteiger partial charge is 0.465 e. The number of carbonyl (C=O) groups is 1. The molecule has 0 rings (SSSR count). The molecule has 19 heavy (non-hydrogen) atoms. The molecule has 6 heteroatoms. The van der Waals surface area contributed by atoms with Crippen LogP contribution >= 0.6 is 12.2 Å². The number of esters is 1. The Balaban J connectivity index is 4.67. The molecule has 1 unspecified atom stereocenters. The van der Waals surface area contributed by atoms with Crippen LogP contribution in [0.5, 0.6) is 0 Å². The lowest BCUT2D eigenvalue weighted by Gasteiger charge is -2.29. The normalized spacial score (nSPS) is 12.4. The number of ether oxygens (including phenoxy) is 2. The van der Waals surface area contributed by atoms with Crippen molar-refractivity contribution in [3.05, 3.63) is 0 Å². The highest BCUT2D eigenvalue weighted by atomic mass is 32.1. The lowest BCUT2D eigenvalue weighted by molar-refractivity contribution is -0.150. The molecule has 0 spiro atoms. The van der Waals surface area contributed by atoms with E-state index >= 15 is 0 Å². The van der Waals surface area contributed by atoms with E-state index in [-0.39, 0.29) is 12.0 Å². The summed E-state index contributed by atoms with van der Waals surface area (Å²) in [5.41, 5.74) is 5.54. The Morgan fingerprint density at radius 1 is 1.37 bits per heavy atom. The Labute approximate surface area is 121 Å². The molecule has 0 radical (unpaired) electrons. The summed E-state index contributed by atoms with van der Waals surface area (Å²) < 4.78 is 10.2. The quantitative estimate of drug-likeness (QED) is 0.458. The summed E-state index contributed by atoms with van der Waals surface area (Å²) in [6, 6.07) is -0.241. The van der Waals surface area contributed by atoms with Crippen molar-refractivity contribution in [2.24, 2.45) is 5.73 Å². The molecule has 0 saturated heterocycles. The molecule has 0 aliphatic carbocycles. The van der Waals surface area contributed by atoms with Crippen LogP contribution in [0.2, 0.25) is 0 Å². The second kappa shape index (κ2) is 11.1. The fourth-order valence-electron chi connectivity index (χ4n) is 1.85. The van der Waals surface area contributed by atoms with Gasteiger partial charge in [0.1, 0.15) is 6.04 Å². The van der Waals surface area contributed by atoms with Gasteiger partial charge in [0.05, 0.1) is 18.2 Å².